The van der Waals surface area contributed by atoms with E-state index in [1.165, 1.54) is 18.5 Å². The Morgan fingerprint density at radius 3 is 2.72 bits per heavy atom. The Balaban J connectivity index is 1.28. The number of nitrogens with one attached hydrogen (secondary N) is 2. The van der Waals surface area contributed by atoms with Crippen molar-refractivity contribution in [3.05, 3.63) is 101 Å². The van der Waals surface area contributed by atoms with Crippen LogP contribution in [0.25, 0.3) is 21.3 Å². The number of anilines is 2. The van der Waals surface area contributed by atoms with E-state index in [4.69, 9.17) is 5.73 Å². The van der Waals surface area contributed by atoms with Crippen LogP contribution in [-0.2, 0) is 6.54 Å². The van der Waals surface area contributed by atoms with Crippen molar-refractivity contribution in [2.45, 2.75) is 19.5 Å². The number of thiophene rings is 1. The zero-order chi connectivity index (χ0) is 25.1. The molecule has 0 aliphatic carbocycles. The molecule has 9 heteroatoms. The number of amides is 1. The third-order valence-corrected chi connectivity index (χ3v) is 6.95. The van der Waals surface area contributed by atoms with Gasteiger partial charge >= 0.3 is 0 Å². The highest BCUT2D eigenvalue weighted by atomic mass is 32.1. The fraction of sp³-hybridized carbons (Fsp3) is 0.111. The average Bonchev–Trinajstić information content (AvgIpc) is 3.37. The number of benzene rings is 2. The number of nitrogens with two attached hydrogens (primary N) is 1. The molecule has 0 saturated heterocycles. The number of aromatic nitrogens is 3. The number of halogens is 1. The molecule has 180 valence electrons. The van der Waals surface area contributed by atoms with Crippen molar-refractivity contribution in [2.75, 3.05) is 11.1 Å². The molecule has 0 aliphatic rings. The van der Waals surface area contributed by atoms with Crippen LogP contribution < -0.4 is 16.4 Å². The molecule has 0 bridgehead atoms. The highest BCUT2D eigenvalue weighted by Crippen LogP contribution is 2.31. The van der Waals surface area contributed by atoms with E-state index < -0.39 is 0 Å². The molecule has 0 radical (unpaired) electrons. The second-order valence-corrected chi connectivity index (χ2v) is 9.42. The minimum Gasteiger partial charge on any atom is -0.383 e. The summed E-state index contributed by atoms with van der Waals surface area (Å²) in [5.41, 5.74) is 9.11. The first-order chi connectivity index (χ1) is 17.5. The van der Waals surface area contributed by atoms with Gasteiger partial charge in [-0.25, -0.2) is 19.3 Å². The lowest BCUT2D eigenvalue weighted by molar-refractivity contribution is 0.0940. The van der Waals surface area contributed by atoms with Crippen LogP contribution in [0.1, 0.15) is 33.8 Å². The van der Waals surface area contributed by atoms with E-state index in [0.717, 1.165) is 31.8 Å². The molecule has 7 nitrogen and oxygen atoms in total. The van der Waals surface area contributed by atoms with E-state index in [-0.39, 0.29) is 17.8 Å². The van der Waals surface area contributed by atoms with E-state index in [2.05, 4.69) is 31.7 Å². The fourth-order valence-electron chi connectivity index (χ4n) is 3.87. The highest BCUT2D eigenvalue weighted by Gasteiger charge is 2.16. The fourth-order valence-corrected chi connectivity index (χ4v) is 4.81. The van der Waals surface area contributed by atoms with Gasteiger partial charge in [0.05, 0.1) is 23.7 Å². The van der Waals surface area contributed by atoms with Gasteiger partial charge in [0.25, 0.3) is 5.91 Å². The monoisotopic (exact) mass is 498 g/mol. The van der Waals surface area contributed by atoms with Gasteiger partial charge in [-0.2, -0.15) is 0 Å². The number of rotatable bonds is 7. The van der Waals surface area contributed by atoms with Crippen molar-refractivity contribution in [3.63, 3.8) is 0 Å². The summed E-state index contributed by atoms with van der Waals surface area (Å²) in [6.07, 6.45) is 3.10. The normalized spacial score (nSPS) is 11.8. The smallest absolute Gasteiger partial charge is 0.255 e. The zero-order valence-electron chi connectivity index (χ0n) is 19.4. The van der Waals surface area contributed by atoms with E-state index in [1.807, 2.05) is 31.2 Å². The van der Waals surface area contributed by atoms with Crippen molar-refractivity contribution in [1.29, 1.82) is 0 Å². The molecular formula is C27H23FN6OS. The maximum absolute atomic E-state index is 13.2. The molecular weight excluding hydrogens is 475 g/mol. The SMILES string of the molecule is C[C@@H](NC(=O)c1cccnc1NCc1ccc(-c2ccc3ncnc(N)c3c2)s1)c1ccc(F)cc1. The molecule has 0 fully saturated rings. The van der Waals surface area contributed by atoms with Gasteiger partial charge < -0.3 is 16.4 Å². The van der Waals surface area contributed by atoms with Gasteiger partial charge in [0.15, 0.2) is 0 Å². The summed E-state index contributed by atoms with van der Waals surface area (Å²) in [7, 11) is 0. The molecule has 0 unspecified atom stereocenters. The first-order valence-electron chi connectivity index (χ1n) is 11.3. The van der Waals surface area contributed by atoms with E-state index in [9.17, 15) is 9.18 Å². The van der Waals surface area contributed by atoms with Gasteiger partial charge in [-0.3, -0.25) is 4.79 Å². The molecule has 3 heterocycles. The Morgan fingerprint density at radius 2 is 1.89 bits per heavy atom. The molecule has 5 rings (SSSR count). The number of carbonyl (C=O) groups excluding carboxylic acids is 1. The van der Waals surface area contributed by atoms with E-state index >= 15 is 0 Å². The number of carbonyl (C=O) groups is 1. The number of hydrogen-bond donors (Lipinski definition) is 3. The average molecular weight is 499 g/mol. The first kappa shape index (κ1) is 23.4. The second-order valence-electron chi connectivity index (χ2n) is 8.26. The lowest BCUT2D eigenvalue weighted by Gasteiger charge is -2.16. The quantitative estimate of drug-likeness (QED) is 0.271. The second kappa shape index (κ2) is 10.1. The number of pyridine rings is 1. The number of fused-ring (bicyclic) bond motifs is 1. The Labute approximate surface area is 211 Å². The Morgan fingerprint density at radius 1 is 1.06 bits per heavy atom. The molecule has 2 aromatic carbocycles. The predicted molar refractivity (Wildman–Crippen MR) is 141 cm³/mol. The Bertz CT molecular complexity index is 1540. The lowest BCUT2D eigenvalue weighted by atomic mass is 10.1. The summed E-state index contributed by atoms with van der Waals surface area (Å²) in [5.74, 6) is 0.374. The first-order valence-corrected chi connectivity index (χ1v) is 12.1. The summed E-state index contributed by atoms with van der Waals surface area (Å²) in [6.45, 7) is 2.36. The Hall–Kier alpha value is -4.37. The largest absolute Gasteiger partial charge is 0.383 e. The van der Waals surface area contributed by atoms with E-state index in [0.29, 0.717) is 23.7 Å². The number of nitrogens with zero attached hydrogens (tertiary/aromatic N) is 3. The van der Waals surface area contributed by atoms with Gasteiger partial charge in [0.2, 0.25) is 0 Å². The molecule has 0 spiro atoms. The van der Waals surface area contributed by atoms with Crippen LogP contribution in [0.3, 0.4) is 0 Å². The van der Waals surface area contributed by atoms with Crippen LogP contribution in [0.5, 0.6) is 0 Å². The number of hydrogen-bond acceptors (Lipinski definition) is 7. The molecule has 0 saturated carbocycles. The van der Waals surface area contributed by atoms with E-state index in [1.54, 1.807) is 41.8 Å². The van der Waals surface area contributed by atoms with Crippen LogP contribution in [-0.4, -0.2) is 20.9 Å². The molecule has 4 N–H and O–H groups in total. The molecule has 3 aromatic heterocycles. The summed E-state index contributed by atoms with van der Waals surface area (Å²) in [6, 6.07) is 19.3. The Kier molecular flexibility index (Phi) is 6.55. The molecule has 1 amide bonds. The van der Waals surface area contributed by atoms with Crippen molar-refractivity contribution >= 4 is 39.8 Å². The summed E-state index contributed by atoms with van der Waals surface area (Å²) >= 11 is 1.64. The van der Waals surface area contributed by atoms with Gasteiger partial charge in [0.1, 0.15) is 23.8 Å². The van der Waals surface area contributed by atoms with Crippen molar-refractivity contribution in [1.82, 2.24) is 20.3 Å². The topological polar surface area (TPSA) is 106 Å². The number of nitrogen functional groups attached to an aromatic ring is 1. The molecule has 1 atom stereocenters. The van der Waals surface area contributed by atoms with Crippen molar-refractivity contribution < 1.29 is 9.18 Å². The highest BCUT2D eigenvalue weighted by molar-refractivity contribution is 7.15. The zero-order valence-corrected chi connectivity index (χ0v) is 20.2. The maximum atomic E-state index is 13.2. The molecule has 5 aromatic rings. The summed E-state index contributed by atoms with van der Waals surface area (Å²) in [4.78, 5) is 27.8. The van der Waals surface area contributed by atoms with Gasteiger partial charge in [-0.15, -0.1) is 11.3 Å². The van der Waals surface area contributed by atoms with Crippen molar-refractivity contribution in [3.8, 4) is 10.4 Å². The maximum Gasteiger partial charge on any atom is 0.255 e. The van der Waals surface area contributed by atoms with Gasteiger partial charge in [-0.1, -0.05) is 18.2 Å². The van der Waals surface area contributed by atoms with Gasteiger partial charge in [0, 0.05) is 21.3 Å². The van der Waals surface area contributed by atoms with Crippen LogP contribution >= 0.6 is 11.3 Å². The third kappa shape index (κ3) is 5.01. The van der Waals surface area contributed by atoms with Gasteiger partial charge in [-0.05, 0) is 66.6 Å². The summed E-state index contributed by atoms with van der Waals surface area (Å²) < 4.78 is 13.2. The van der Waals surface area contributed by atoms with Crippen LogP contribution in [0.2, 0.25) is 0 Å². The lowest BCUT2D eigenvalue weighted by Crippen LogP contribution is -2.27. The summed E-state index contributed by atoms with van der Waals surface area (Å²) in [5, 5.41) is 7.06. The predicted octanol–water partition coefficient (Wildman–Crippen LogP) is 5.58. The molecule has 36 heavy (non-hydrogen) atoms. The third-order valence-electron chi connectivity index (χ3n) is 5.81. The van der Waals surface area contributed by atoms with Crippen LogP contribution in [0.4, 0.5) is 16.0 Å². The molecule has 0 aliphatic heterocycles. The minimum atomic E-state index is -0.313. The van der Waals surface area contributed by atoms with Crippen LogP contribution in [0, 0.1) is 5.82 Å². The standard InChI is InChI=1S/C27H23FN6OS/c1-16(17-4-7-19(28)8-5-17)34-27(35)21-3-2-12-30-26(21)31-14-20-9-11-24(36-20)18-6-10-23-22(13-18)25(29)33-15-32-23/h2-13,15-16H,14H2,1H3,(H,30,31)(H,34,35)(H2,29,32,33)/t16-/m1/s1. The minimum absolute atomic E-state index is 0.259. The van der Waals surface area contributed by atoms with Crippen molar-refractivity contribution in [2.24, 2.45) is 0 Å². The van der Waals surface area contributed by atoms with Crippen LogP contribution in [0.15, 0.2) is 79.3 Å².